The zero-order chi connectivity index (χ0) is 17.5. The molecule has 1 heterocycles. The van der Waals surface area contributed by atoms with Crippen LogP contribution in [0.25, 0.3) is 0 Å². The van der Waals surface area contributed by atoms with Crippen molar-refractivity contribution >= 4 is 5.69 Å². The van der Waals surface area contributed by atoms with E-state index in [9.17, 15) is 0 Å². The van der Waals surface area contributed by atoms with Crippen LogP contribution in [0, 0.1) is 13.8 Å². The van der Waals surface area contributed by atoms with Gasteiger partial charge >= 0.3 is 0 Å². The fourth-order valence-electron chi connectivity index (χ4n) is 2.95. The van der Waals surface area contributed by atoms with Crippen LogP contribution in [0.15, 0.2) is 42.5 Å². The third kappa shape index (κ3) is 5.40. The molecule has 1 saturated heterocycles. The van der Waals surface area contributed by atoms with E-state index in [2.05, 4.69) is 31.3 Å². The van der Waals surface area contributed by atoms with Gasteiger partial charge in [0.15, 0.2) is 0 Å². The van der Waals surface area contributed by atoms with Gasteiger partial charge in [0.05, 0.1) is 6.10 Å². The van der Waals surface area contributed by atoms with Crippen molar-refractivity contribution in [3.05, 3.63) is 53.6 Å². The maximum absolute atomic E-state index is 5.83. The van der Waals surface area contributed by atoms with Crippen LogP contribution in [0.3, 0.4) is 0 Å². The summed E-state index contributed by atoms with van der Waals surface area (Å²) in [5.74, 6) is 1.83. The van der Waals surface area contributed by atoms with Crippen molar-refractivity contribution in [3.8, 4) is 11.5 Å². The molecule has 1 aliphatic heterocycles. The lowest BCUT2D eigenvalue weighted by Gasteiger charge is -2.13. The maximum Gasteiger partial charge on any atom is 0.122 e. The number of ether oxygens (including phenoxy) is 3. The summed E-state index contributed by atoms with van der Waals surface area (Å²) in [6, 6.07) is 14.3. The summed E-state index contributed by atoms with van der Waals surface area (Å²) in [5.41, 5.74) is 3.49. The van der Waals surface area contributed by atoms with E-state index in [0.29, 0.717) is 13.2 Å². The summed E-state index contributed by atoms with van der Waals surface area (Å²) < 4.78 is 17.2. The summed E-state index contributed by atoms with van der Waals surface area (Å²) in [5, 5.41) is 3.36. The molecule has 2 aromatic rings. The highest BCUT2D eigenvalue weighted by molar-refractivity contribution is 5.46. The van der Waals surface area contributed by atoms with Gasteiger partial charge in [0.2, 0.25) is 0 Å². The molecule has 1 atom stereocenters. The first-order chi connectivity index (χ1) is 12.2. The van der Waals surface area contributed by atoms with Crippen LogP contribution in [-0.2, 0) is 4.74 Å². The van der Waals surface area contributed by atoms with Gasteiger partial charge in [0, 0.05) is 18.8 Å². The van der Waals surface area contributed by atoms with Gasteiger partial charge < -0.3 is 19.5 Å². The number of hydrogen-bond donors (Lipinski definition) is 1. The van der Waals surface area contributed by atoms with Crippen molar-refractivity contribution in [2.45, 2.75) is 32.8 Å². The topological polar surface area (TPSA) is 39.7 Å². The number of benzene rings is 2. The van der Waals surface area contributed by atoms with Crippen LogP contribution in [0.4, 0.5) is 5.69 Å². The molecule has 0 aliphatic carbocycles. The Bertz CT molecular complexity index is 663. The SMILES string of the molecule is Cc1ccc(OCCNc2ccc(OCC3CCCO3)cc2)c(C)c1. The first kappa shape index (κ1) is 17.6. The Balaban J connectivity index is 1.38. The van der Waals surface area contributed by atoms with Crippen molar-refractivity contribution in [1.29, 1.82) is 0 Å². The molecule has 25 heavy (non-hydrogen) atoms. The lowest BCUT2D eigenvalue weighted by Crippen LogP contribution is -2.16. The van der Waals surface area contributed by atoms with Crippen molar-refractivity contribution < 1.29 is 14.2 Å². The minimum Gasteiger partial charge on any atom is -0.491 e. The van der Waals surface area contributed by atoms with Crippen LogP contribution in [0.2, 0.25) is 0 Å². The summed E-state index contributed by atoms with van der Waals surface area (Å²) in [6.45, 7) is 7.04. The normalized spacial score (nSPS) is 16.6. The van der Waals surface area contributed by atoms with Gasteiger partial charge in [0.25, 0.3) is 0 Å². The second-order valence-corrected chi connectivity index (χ2v) is 6.51. The molecule has 0 spiro atoms. The largest absolute Gasteiger partial charge is 0.491 e. The van der Waals surface area contributed by atoms with E-state index < -0.39 is 0 Å². The van der Waals surface area contributed by atoms with Gasteiger partial charge in [-0.3, -0.25) is 0 Å². The second-order valence-electron chi connectivity index (χ2n) is 6.51. The fraction of sp³-hybridized carbons (Fsp3) is 0.429. The fourth-order valence-corrected chi connectivity index (χ4v) is 2.95. The number of aryl methyl sites for hydroxylation is 2. The lowest BCUT2D eigenvalue weighted by atomic mass is 10.1. The molecule has 4 heteroatoms. The van der Waals surface area contributed by atoms with E-state index in [1.807, 2.05) is 30.3 Å². The highest BCUT2D eigenvalue weighted by Gasteiger charge is 2.15. The van der Waals surface area contributed by atoms with E-state index in [1.54, 1.807) is 0 Å². The molecule has 4 nitrogen and oxygen atoms in total. The smallest absolute Gasteiger partial charge is 0.122 e. The van der Waals surface area contributed by atoms with Crippen molar-refractivity contribution in [2.75, 3.05) is 31.7 Å². The number of anilines is 1. The van der Waals surface area contributed by atoms with E-state index in [4.69, 9.17) is 14.2 Å². The van der Waals surface area contributed by atoms with Crippen LogP contribution >= 0.6 is 0 Å². The van der Waals surface area contributed by atoms with Gasteiger partial charge in [-0.05, 0) is 62.6 Å². The summed E-state index contributed by atoms with van der Waals surface area (Å²) >= 11 is 0. The predicted molar refractivity (Wildman–Crippen MR) is 101 cm³/mol. The predicted octanol–water partition coefficient (Wildman–Crippen LogP) is 4.35. The Labute approximate surface area is 150 Å². The molecule has 1 unspecified atom stereocenters. The average Bonchev–Trinajstić information content (AvgIpc) is 3.13. The molecule has 0 saturated carbocycles. The Morgan fingerprint density at radius 1 is 1.08 bits per heavy atom. The zero-order valence-corrected chi connectivity index (χ0v) is 15.1. The standard InChI is InChI=1S/C21H27NO3/c1-16-5-10-21(17(2)14-16)24-13-11-22-18-6-8-19(9-7-18)25-15-20-4-3-12-23-20/h5-10,14,20,22H,3-4,11-13,15H2,1-2H3. The van der Waals surface area contributed by atoms with E-state index in [0.717, 1.165) is 43.2 Å². The molecule has 2 aromatic carbocycles. The molecular formula is C21H27NO3. The van der Waals surface area contributed by atoms with E-state index >= 15 is 0 Å². The first-order valence-electron chi connectivity index (χ1n) is 8.99. The summed E-state index contributed by atoms with van der Waals surface area (Å²) in [6.07, 6.45) is 2.49. The minimum atomic E-state index is 0.250. The van der Waals surface area contributed by atoms with Crippen LogP contribution in [-0.4, -0.2) is 32.5 Å². The number of nitrogens with one attached hydrogen (secondary N) is 1. The molecule has 0 radical (unpaired) electrons. The molecular weight excluding hydrogens is 314 g/mol. The third-order valence-electron chi connectivity index (χ3n) is 4.33. The Hall–Kier alpha value is -2.20. The molecule has 1 N–H and O–H groups in total. The highest BCUT2D eigenvalue weighted by Crippen LogP contribution is 2.20. The van der Waals surface area contributed by atoms with Crippen LogP contribution < -0.4 is 14.8 Å². The average molecular weight is 341 g/mol. The molecule has 0 bridgehead atoms. The van der Waals surface area contributed by atoms with Crippen molar-refractivity contribution in [2.24, 2.45) is 0 Å². The van der Waals surface area contributed by atoms with Gasteiger partial charge in [-0.1, -0.05) is 17.7 Å². The van der Waals surface area contributed by atoms with Gasteiger partial charge in [-0.25, -0.2) is 0 Å². The van der Waals surface area contributed by atoms with E-state index in [-0.39, 0.29) is 6.10 Å². The molecule has 0 aromatic heterocycles. The Morgan fingerprint density at radius 3 is 2.64 bits per heavy atom. The van der Waals surface area contributed by atoms with Crippen molar-refractivity contribution in [3.63, 3.8) is 0 Å². The molecule has 1 aliphatic rings. The Morgan fingerprint density at radius 2 is 1.92 bits per heavy atom. The van der Waals surface area contributed by atoms with Gasteiger partial charge in [-0.2, -0.15) is 0 Å². The third-order valence-corrected chi connectivity index (χ3v) is 4.33. The molecule has 134 valence electrons. The van der Waals surface area contributed by atoms with Gasteiger partial charge in [-0.15, -0.1) is 0 Å². The number of rotatable bonds is 8. The maximum atomic E-state index is 5.83. The molecule has 0 amide bonds. The monoisotopic (exact) mass is 341 g/mol. The highest BCUT2D eigenvalue weighted by atomic mass is 16.5. The summed E-state index contributed by atoms with van der Waals surface area (Å²) in [7, 11) is 0. The zero-order valence-electron chi connectivity index (χ0n) is 15.1. The Kier molecular flexibility index (Phi) is 6.18. The quantitative estimate of drug-likeness (QED) is 0.725. The second kappa shape index (κ2) is 8.77. The van der Waals surface area contributed by atoms with Gasteiger partial charge in [0.1, 0.15) is 24.7 Å². The number of hydrogen-bond acceptors (Lipinski definition) is 4. The minimum absolute atomic E-state index is 0.250. The van der Waals surface area contributed by atoms with Crippen LogP contribution in [0.5, 0.6) is 11.5 Å². The summed E-state index contributed by atoms with van der Waals surface area (Å²) in [4.78, 5) is 0. The molecule has 1 fully saturated rings. The van der Waals surface area contributed by atoms with Crippen molar-refractivity contribution in [1.82, 2.24) is 0 Å². The van der Waals surface area contributed by atoms with Crippen LogP contribution in [0.1, 0.15) is 24.0 Å². The first-order valence-corrected chi connectivity index (χ1v) is 8.99. The van der Waals surface area contributed by atoms with E-state index in [1.165, 1.54) is 11.1 Å². The molecule has 3 rings (SSSR count). The lowest BCUT2D eigenvalue weighted by molar-refractivity contribution is 0.0679.